The molecular weight excluding hydrogens is 298 g/mol. The van der Waals surface area contributed by atoms with Crippen LogP contribution in [0.15, 0.2) is 54.9 Å². The molecule has 4 rings (SSSR count). The van der Waals surface area contributed by atoms with Crippen LogP contribution >= 0.6 is 0 Å². The van der Waals surface area contributed by atoms with E-state index in [0.717, 1.165) is 17.7 Å². The first-order valence-corrected chi connectivity index (χ1v) is 6.93. The van der Waals surface area contributed by atoms with Gasteiger partial charge in [0.2, 0.25) is 0 Å². The fourth-order valence-electron chi connectivity index (χ4n) is 2.33. The van der Waals surface area contributed by atoms with Crippen molar-refractivity contribution >= 4 is 11.0 Å². The number of aromatic amines is 1. The lowest BCUT2D eigenvalue weighted by molar-refractivity contribution is 0.510. The molecule has 0 saturated carbocycles. The van der Waals surface area contributed by atoms with Gasteiger partial charge in [-0.3, -0.25) is 0 Å². The van der Waals surface area contributed by atoms with Crippen LogP contribution in [0, 0.1) is 11.6 Å². The highest BCUT2D eigenvalue weighted by Gasteiger charge is 2.11. The predicted molar refractivity (Wildman–Crippen MR) is 82.5 cm³/mol. The van der Waals surface area contributed by atoms with E-state index in [-0.39, 0.29) is 0 Å². The third kappa shape index (κ3) is 2.44. The van der Waals surface area contributed by atoms with Crippen molar-refractivity contribution in [1.82, 2.24) is 19.9 Å². The van der Waals surface area contributed by atoms with Crippen LogP contribution in [0.1, 0.15) is 0 Å². The Balaban J connectivity index is 1.73. The molecule has 2 heterocycles. The van der Waals surface area contributed by atoms with E-state index < -0.39 is 11.6 Å². The van der Waals surface area contributed by atoms with Gasteiger partial charge in [-0.2, -0.15) is 0 Å². The Morgan fingerprint density at radius 2 is 1.52 bits per heavy atom. The van der Waals surface area contributed by atoms with Gasteiger partial charge in [-0.05, 0) is 0 Å². The summed E-state index contributed by atoms with van der Waals surface area (Å²) in [5.74, 6) is -0.776. The molecule has 1 N–H and O–H groups in total. The molecule has 4 nitrogen and oxygen atoms in total. The van der Waals surface area contributed by atoms with E-state index in [1.807, 2.05) is 30.3 Å². The number of hydrogen-bond acceptors (Lipinski definition) is 3. The van der Waals surface area contributed by atoms with Gasteiger partial charge in [-0.1, -0.05) is 30.3 Å². The third-order valence-corrected chi connectivity index (χ3v) is 3.48. The molecule has 2 aromatic carbocycles. The molecule has 0 spiro atoms. The molecule has 112 valence electrons. The van der Waals surface area contributed by atoms with Gasteiger partial charge < -0.3 is 4.98 Å². The van der Waals surface area contributed by atoms with E-state index in [9.17, 15) is 8.78 Å². The second-order valence-corrected chi connectivity index (χ2v) is 5.03. The van der Waals surface area contributed by atoms with Crippen molar-refractivity contribution in [3.8, 4) is 22.8 Å². The molecule has 4 aromatic rings. The van der Waals surface area contributed by atoms with E-state index in [0.29, 0.717) is 28.2 Å². The van der Waals surface area contributed by atoms with Crippen LogP contribution in [-0.4, -0.2) is 19.9 Å². The summed E-state index contributed by atoms with van der Waals surface area (Å²) < 4.78 is 26.5. The quantitative estimate of drug-likeness (QED) is 0.609. The van der Waals surface area contributed by atoms with Crippen molar-refractivity contribution in [2.45, 2.75) is 0 Å². The van der Waals surface area contributed by atoms with Crippen LogP contribution in [0.4, 0.5) is 8.78 Å². The molecule has 0 atom stereocenters. The van der Waals surface area contributed by atoms with Crippen LogP contribution in [0.2, 0.25) is 0 Å². The summed E-state index contributed by atoms with van der Waals surface area (Å²) in [6, 6.07) is 11.7. The number of nitrogens with one attached hydrogen (secondary N) is 1. The van der Waals surface area contributed by atoms with Gasteiger partial charge >= 0.3 is 0 Å². The van der Waals surface area contributed by atoms with Gasteiger partial charge in [0, 0.05) is 30.1 Å². The first-order valence-electron chi connectivity index (χ1n) is 6.93. The molecule has 0 aliphatic rings. The maximum atomic E-state index is 13.3. The van der Waals surface area contributed by atoms with Crippen LogP contribution in [0.3, 0.4) is 0 Å². The number of rotatable bonds is 2. The monoisotopic (exact) mass is 308 g/mol. The number of hydrogen-bond donors (Lipinski definition) is 1. The minimum absolute atomic E-state index is 0.353. The first kappa shape index (κ1) is 13.5. The Kier molecular flexibility index (Phi) is 3.08. The van der Waals surface area contributed by atoms with Crippen LogP contribution < -0.4 is 0 Å². The molecule has 6 heteroatoms. The maximum Gasteiger partial charge on any atom is 0.161 e. The van der Waals surface area contributed by atoms with Gasteiger partial charge in [0.25, 0.3) is 0 Å². The molecule has 23 heavy (non-hydrogen) atoms. The lowest BCUT2D eigenvalue weighted by Crippen LogP contribution is -1.90. The Hall–Kier alpha value is -3.15. The zero-order chi connectivity index (χ0) is 15.8. The van der Waals surface area contributed by atoms with Crippen LogP contribution in [-0.2, 0) is 0 Å². The molecule has 0 amide bonds. The molecular formula is C17H10F2N4. The molecule has 0 radical (unpaired) electrons. The topological polar surface area (TPSA) is 54.5 Å². The van der Waals surface area contributed by atoms with Crippen molar-refractivity contribution in [2.75, 3.05) is 0 Å². The average molecular weight is 308 g/mol. The number of halogens is 2. The summed E-state index contributed by atoms with van der Waals surface area (Å²) in [5, 5.41) is 0. The maximum absolute atomic E-state index is 13.3. The molecule has 2 aromatic heterocycles. The molecule has 0 bridgehead atoms. The summed E-state index contributed by atoms with van der Waals surface area (Å²) in [5.41, 5.74) is 2.33. The number of fused-ring (bicyclic) bond motifs is 1. The van der Waals surface area contributed by atoms with Gasteiger partial charge in [0.1, 0.15) is 5.82 Å². The van der Waals surface area contributed by atoms with Crippen molar-refractivity contribution in [2.24, 2.45) is 0 Å². The van der Waals surface area contributed by atoms with E-state index in [2.05, 4.69) is 19.9 Å². The lowest BCUT2D eigenvalue weighted by Gasteiger charge is -2.00. The second kappa shape index (κ2) is 5.24. The molecule has 0 aliphatic carbocycles. The predicted octanol–water partition coefficient (Wildman–Crippen LogP) is 3.97. The highest BCUT2D eigenvalue weighted by atomic mass is 19.2. The number of aromatic nitrogens is 4. The zero-order valence-electron chi connectivity index (χ0n) is 11.8. The minimum Gasteiger partial charge on any atom is -0.338 e. The van der Waals surface area contributed by atoms with E-state index in [1.54, 1.807) is 12.4 Å². The summed E-state index contributed by atoms with van der Waals surface area (Å²) >= 11 is 0. The first-order chi connectivity index (χ1) is 11.2. The molecule has 0 saturated heterocycles. The lowest BCUT2D eigenvalue weighted by atomic mass is 10.2. The Bertz CT molecular complexity index is 940. The minimum atomic E-state index is -0.925. The van der Waals surface area contributed by atoms with E-state index in [1.165, 1.54) is 0 Å². The van der Waals surface area contributed by atoms with Crippen molar-refractivity contribution in [3.63, 3.8) is 0 Å². The normalized spacial score (nSPS) is 11.0. The summed E-state index contributed by atoms with van der Waals surface area (Å²) in [4.78, 5) is 15.8. The fourth-order valence-corrected chi connectivity index (χ4v) is 2.33. The van der Waals surface area contributed by atoms with Gasteiger partial charge in [0.15, 0.2) is 17.5 Å². The van der Waals surface area contributed by atoms with E-state index >= 15 is 0 Å². The van der Waals surface area contributed by atoms with Gasteiger partial charge in [-0.25, -0.2) is 23.7 Å². The van der Waals surface area contributed by atoms with Crippen molar-refractivity contribution in [3.05, 3.63) is 66.5 Å². The average Bonchev–Trinajstić information content (AvgIpc) is 2.99. The van der Waals surface area contributed by atoms with Crippen LogP contribution in [0.5, 0.6) is 0 Å². The number of nitrogens with zero attached hydrogens (tertiary/aromatic N) is 3. The summed E-state index contributed by atoms with van der Waals surface area (Å²) in [6.07, 6.45) is 3.25. The van der Waals surface area contributed by atoms with E-state index in [4.69, 9.17) is 0 Å². The Morgan fingerprint density at radius 3 is 2.26 bits per heavy atom. The summed E-state index contributed by atoms with van der Waals surface area (Å²) in [7, 11) is 0. The number of benzene rings is 2. The third-order valence-electron chi connectivity index (χ3n) is 3.48. The Morgan fingerprint density at radius 1 is 0.826 bits per heavy atom. The molecule has 0 unspecified atom stereocenters. The number of imidazole rings is 1. The zero-order valence-corrected chi connectivity index (χ0v) is 11.8. The highest BCUT2D eigenvalue weighted by molar-refractivity contribution is 5.79. The van der Waals surface area contributed by atoms with Crippen LogP contribution in [0.25, 0.3) is 33.8 Å². The molecule has 0 fully saturated rings. The highest BCUT2D eigenvalue weighted by Crippen LogP contribution is 2.22. The Labute approximate surface area is 129 Å². The molecule has 0 aliphatic heterocycles. The van der Waals surface area contributed by atoms with Gasteiger partial charge in [0.05, 0.1) is 16.6 Å². The smallest absolute Gasteiger partial charge is 0.161 e. The SMILES string of the molecule is Fc1cc2nc(-c3cnc(-c4ccccc4)nc3)[nH]c2cc1F. The summed E-state index contributed by atoms with van der Waals surface area (Å²) in [6.45, 7) is 0. The van der Waals surface area contributed by atoms with Crippen molar-refractivity contribution < 1.29 is 8.78 Å². The second-order valence-electron chi connectivity index (χ2n) is 5.03. The fraction of sp³-hybridized carbons (Fsp3) is 0. The standard InChI is InChI=1S/C17H10F2N4/c18-12-6-14-15(7-13(12)19)23-17(22-14)11-8-20-16(21-9-11)10-4-2-1-3-5-10/h1-9H,(H,22,23). The number of H-pyrrole nitrogens is 1. The van der Waals surface area contributed by atoms with Crippen molar-refractivity contribution in [1.29, 1.82) is 0 Å². The largest absolute Gasteiger partial charge is 0.338 e. The van der Waals surface area contributed by atoms with Gasteiger partial charge in [-0.15, -0.1) is 0 Å².